The van der Waals surface area contributed by atoms with E-state index in [1.54, 1.807) is 12.4 Å². The van der Waals surface area contributed by atoms with Crippen LogP contribution < -0.4 is 5.32 Å². The van der Waals surface area contributed by atoms with Crippen molar-refractivity contribution in [1.82, 2.24) is 10.3 Å². The van der Waals surface area contributed by atoms with Crippen molar-refractivity contribution in [3.05, 3.63) is 28.5 Å². The van der Waals surface area contributed by atoms with Crippen LogP contribution in [0.3, 0.4) is 0 Å². The first-order valence-electron chi connectivity index (χ1n) is 5.72. The maximum absolute atomic E-state index is 14.0. The van der Waals surface area contributed by atoms with E-state index >= 15 is 0 Å². The lowest BCUT2D eigenvalue weighted by molar-refractivity contribution is 0.217. The fourth-order valence-corrected chi connectivity index (χ4v) is 2.53. The number of nitrogens with zero attached hydrogens (tertiary/aromatic N) is 1. The summed E-state index contributed by atoms with van der Waals surface area (Å²) in [7, 11) is 0. The van der Waals surface area contributed by atoms with Gasteiger partial charge in [0.15, 0.2) is 0 Å². The molecule has 0 bridgehead atoms. The number of piperidine rings is 1. The quantitative estimate of drug-likeness (QED) is 0.924. The smallest absolute Gasteiger partial charge is 0.119 e. The summed E-state index contributed by atoms with van der Waals surface area (Å²) in [6.07, 6.45) is 6.34. The number of aromatic nitrogens is 1. The highest BCUT2D eigenvalue weighted by Gasteiger charge is 2.22. The Morgan fingerprint density at radius 3 is 3.06 bits per heavy atom. The predicted octanol–water partition coefficient (Wildman–Crippen LogP) is 2.87. The Bertz CT molecular complexity index is 340. The van der Waals surface area contributed by atoms with Crippen LogP contribution in [-0.4, -0.2) is 23.7 Å². The molecule has 1 aromatic heterocycles. The summed E-state index contributed by atoms with van der Waals surface area (Å²) in [5, 5.41) is 3.25. The molecule has 1 N–H and O–H groups in total. The van der Waals surface area contributed by atoms with Crippen molar-refractivity contribution < 1.29 is 4.39 Å². The summed E-state index contributed by atoms with van der Waals surface area (Å²) in [4.78, 5) is 4.05. The first-order valence-corrected chi connectivity index (χ1v) is 6.52. The van der Waals surface area contributed by atoms with E-state index in [4.69, 9.17) is 0 Å². The molecule has 1 aliphatic heterocycles. The summed E-state index contributed by atoms with van der Waals surface area (Å²) >= 11 is 3.35. The number of pyridine rings is 1. The number of halogens is 2. The lowest BCUT2D eigenvalue weighted by atomic mass is 9.97. The van der Waals surface area contributed by atoms with E-state index in [-0.39, 0.29) is 6.04 Å². The van der Waals surface area contributed by atoms with Crippen LogP contribution in [0.1, 0.15) is 24.8 Å². The maximum atomic E-state index is 14.0. The van der Waals surface area contributed by atoms with Gasteiger partial charge in [-0.3, -0.25) is 4.98 Å². The molecule has 2 atom stereocenters. The molecule has 16 heavy (non-hydrogen) atoms. The zero-order chi connectivity index (χ0) is 11.4. The molecule has 0 saturated carbocycles. The normalized spacial score (nSPS) is 23.0. The molecule has 1 fully saturated rings. The van der Waals surface area contributed by atoms with E-state index in [2.05, 4.69) is 26.2 Å². The summed E-state index contributed by atoms with van der Waals surface area (Å²) < 4.78 is 14.9. The van der Waals surface area contributed by atoms with Gasteiger partial charge in [-0.1, -0.05) is 6.42 Å². The van der Waals surface area contributed by atoms with Crippen molar-refractivity contribution in [2.75, 3.05) is 6.54 Å². The minimum atomic E-state index is -0.809. The van der Waals surface area contributed by atoms with Gasteiger partial charge in [-0.15, -0.1) is 0 Å². The van der Waals surface area contributed by atoms with Crippen LogP contribution >= 0.6 is 15.9 Å². The van der Waals surface area contributed by atoms with Crippen LogP contribution in [-0.2, 0) is 6.42 Å². The van der Waals surface area contributed by atoms with Gasteiger partial charge >= 0.3 is 0 Å². The minimum absolute atomic E-state index is 0.0210. The van der Waals surface area contributed by atoms with E-state index in [0.717, 1.165) is 29.4 Å². The Labute approximate surface area is 104 Å². The highest BCUT2D eigenvalue weighted by atomic mass is 79.9. The highest BCUT2D eigenvalue weighted by molar-refractivity contribution is 9.10. The first kappa shape index (κ1) is 12.0. The molecule has 0 aliphatic carbocycles. The van der Waals surface area contributed by atoms with Gasteiger partial charge in [-0.2, -0.15) is 0 Å². The zero-order valence-corrected chi connectivity index (χ0v) is 10.7. The first-order chi connectivity index (χ1) is 7.75. The molecular formula is C12H16BrFN2. The summed E-state index contributed by atoms with van der Waals surface area (Å²) in [5.41, 5.74) is 0.953. The number of rotatable bonds is 3. The molecule has 1 aliphatic rings. The molecule has 0 amide bonds. The molecule has 2 nitrogen and oxygen atoms in total. The van der Waals surface area contributed by atoms with Gasteiger partial charge < -0.3 is 5.32 Å². The summed E-state index contributed by atoms with van der Waals surface area (Å²) in [5.74, 6) is 0. The van der Waals surface area contributed by atoms with Crippen molar-refractivity contribution in [3.63, 3.8) is 0 Å². The molecule has 4 heteroatoms. The van der Waals surface area contributed by atoms with Crippen LogP contribution in [0, 0.1) is 0 Å². The predicted molar refractivity (Wildman–Crippen MR) is 66.2 cm³/mol. The van der Waals surface area contributed by atoms with E-state index in [1.165, 1.54) is 6.42 Å². The Kier molecular flexibility index (Phi) is 4.29. The van der Waals surface area contributed by atoms with Crippen LogP contribution in [0.15, 0.2) is 22.9 Å². The Morgan fingerprint density at radius 1 is 1.50 bits per heavy atom. The van der Waals surface area contributed by atoms with Crippen LogP contribution in [0.5, 0.6) is 0 Å². The molecule has 0 spiro atoms. The van der Waals surface area contributed by atoms with Crippen molar-refractivity contribution in [3.8, 4) is 0 Å². The average Bonchev–Trinajstić information content (AvgIpc) is 2.30. The number of hydrogen-bond acceptors (Lipinski definition) is 2. The van der Waals surface area contributed by atoms with E-state index in [1.807, 2.05) is 6.07 Å². The Balaban J connectivity index is 1.93. The van der Waals surface area contributed by atoms with Crippen molar-refractivity contribution >= 4 is 15.9 Å². The van der Waals surface area contributed by atoms with Crippen molar-refractivity contribution in [1.29, 1.82) is 0 Å². The van der Waals surface area contributed by atoms with Crippen LogP contribution in [0.2, 0.25) is 0 Å². The third-order valence-corrected chi connectivity index (χ3v) is 3.41. The Morgan fingerprint density at radius 2 is 2.38 bits per heavy atom. The molecule has 88 valence electrons. The van der Waals surface area contributed by atoms with Crippen LogP contribution in [0.4, 0.5) is 4.39 Å². The van der Waals surface area contributed by atoms with E-state index < -0.39 is 6.17 Å². The second-order valence-electron chi connectivity index (χ2n) is 4.29. The van der Waals surface area contributed by atoms with Crippen LogP contribution in [0.25, 0.3) is 0 Å². The van der Waals surface area contributed by atoms with E-state index in [0.29, 0.717) is 6.42 Å². The molecule has 2 heterocycles. The minimum Gasteiger partial charge on any atom is -0.311 e. The number of alkyl halides is 1. The zero-order valence-electron chi connectivity index (χ0n) is 9.13. The monoisotopic (exact) mass is 286 g/mol. The number of hydrogen-bond donors (Lipinski definition) is 1. The van der Waals surface area contributed by atoms with Crippen molar-refractivity contribution in [2.24, 2.45) is 0 Å². The Hall–Kier alpha value is -0.480. The summed E-state index contributed by atoms with van der Waals surface area (Å²) in [6, 6.07) is 1.95. The fraction of sp³-hybridized carbons (Fsp3) is 0.583. The van der Waals surface area contributed by atoms with Gasteiger partial charge in [0, 0.05) is 29.3 Å². The second kappa shape index (κ2) is 5.73. The lowest BCUT2D eigenvalue weighted by Crippen LogP contribution is -2.42. The van der Waals surface area contributed by atoms with Gasteiger partial charge in [0.25, 0.3) is 0 Å². The van der Waals surface area contributed by atoms with Gasteiger partial charge in [0.05, 0.1) is 0 Å². The van der Waals surface area contributed by atoms with Gasteiger partial charge in [0.2, 0.25) is 0 Å². The molecule has 2 rings (SSSR count). The lowest BCUT2D eigenvalue weighted by Gasteiger charge is -2.26. The topological polar surface area (TPSA) is 24.9 Å². The standard InChI is InChI=1S/C12H16BrFN2/c13-10-5-9(7-15-8-10)6-11(14)12-3-1-2-4-16-12/h5,7-8,11-12,16H,1-4,6H2. The molecule has 2 unspecified atom stereocenters. The molecule has 0 radical (unpaired) electrons. The fourth-order valence-electron chi connectivity index (χ4n) is 2.12. The van der Waals surface area contributed by atoms with E-state index in [9.17, 15) is 4.39 Å². The average molecular weight is 287 g/mol. The third-order valence-electron chi connectivity index (χ3n) is 2.98. The van der Waals surface area contributed by atoms with Gasteiger partial charge in [-0.05, 0) is 46.9 Å². The second-order valence-corrected chi connectivity index (χ2v) is 5.20. The molecule has 1 aromatic rings. The maximum Gasteiger partial charge on any atom is 0.119 e. The summed E-state index contributed by atoms with van der Waals surface area (Å²) in [6.45, 7) is 0.946. The van der Waals surface area contributed by atoms with Crippen molar-refractivity contribution in [2.45, 2.75) is 37.9 Å². The van der Waals surface area contributed by atoms with Gasteiger partial charge in [-0.25, -0.2) is 4.39 Å². The largest absolute Gasteiger partial charge is 0.311 e. The highest BCUT2D eigenvalue weighted by Crippen LogP contribution is 2.18. The molecule has 1 saturated heterocycles. The molecular weight excluding hydrogens is 271 g/mol. The number of nitrogens with one attached hydrogen (secondary N) is 1. The molecule has 0 aromatic carbocycles. The van der Waals surface area contributed by atoms with Gasteiger partial charge in [0.1, 0.15) is 6.17 Å². The SMILES string of the molecule is FC(Cc1cncc(Br)c1)C1CCCCN1. The third kappa shape index (κ3) is 3.25.